The fraction of sp³-hybridized carbons (Fsp3) is 0.304. The van der Waals surface area contributed by atoms with Gasteiger partial charge >= 0.3 is 0 Å². The number of carbonyl (C=O) groups is 2. The van der Waals surface area contributed by atoms with Crippen molar-refractivity contribution in [1.82, 2.24) is 4.90 Å². The summed E-state index contributed by atoms with van der Waals surface area (Å²) in [4.78, 5) is 27.0. The van der Waals surface area contributed by atoms with Gasteiger partial charge in [-0.1, -0.05) is 46.3 Å². The number of nitrogens with zero attached hydrogens (tertiary/aromatic N) is 1. The molecule has 30 heavy (non-hydrogen) atoms. The van der Waals surface area contributed by atoms with E-state index in [1.807, 2.05) is 13.8 Å². The Morgan fingerprint density at radius 2 is 1.83 bits per heavy atom. The third kappa shape index (κ3) is 4.63. The molecule has 1 fully saturated rings. The van der Waals surface area contributed by atoms with Gasteiger partial charge in [-0.3, -0.25) is 9.59 Å². The number of benzene rings is 2. The summed E-state index contributed by atoms with van der Waals surface area (Å²) in [6, 6.07) is 11.7. The van der Waals surface area contributed by atoms with Gasteiger partial charge in [0, 0.05) is 28.8 Å². The summed E-state index contributed by atoms with van der Waals surface area (Å²) in [6.45, 7) is 4.42. The Bertz CT molecular complexity index is 971. The predicted octanol–water partition coefficient (Wildman–Crippen LogP) is 4.83. The van der Waals surface area contributed by atoms with Crippen LogP contribution in [-0.4, -0.2) is 41.0 Å². The third-order valence-corrected chi connectivity index (χ3v) is 5.38. The lowest BCUT2D eigenvalue weighted by atomic mass is 9.95. The molecule has 5 nitrogen and oxygen atoms in total. The summed E-state index contributed by atoms with van der Waals surface area (Å²) >= 11 is 3.32. The van der Waals surface area contributed by atoms with E-state index in [1.165, 1.54) is 23.1 Å². The molecule has 1 N–H and O–H groups in total. The number of carbonyl (C=O) groups excluding carboxylic acids is 2. The normalized spacial score (nSPS) is 18.4. The number of ketones is 1. The number of hydrogen-bond donors (Lipinski definition) is 1. The third-order valence-electron chi connectivity index (χ3n) is 4.85. The molecule has 1 heterocycles. The van der Waals surface area contributed by atoms with E-state index >= 15 is 0 Å². The molecule has 1 amide bonds. The highest BCUT2D eigenvalue weighted by molar-refractivity contribution is 9.10. The summed E-state index contributed by atoms with van der Waals surface area (Å²) in [5.41, 5.74) is 0.429. The SMILES string of the molecule is CC(C)OCCCN1C(=O)C(=O)C(=C(O)c2ccc(Br)cc2)[C@@H]1c1ccccc1F. The van der Waals surface area contributed by atoms with Crippen molar-refractivity contribution in [2.75, 3.05) is 13.2 Å². The quantitative estimate of drug-likeness (QED) is 0.269. The zero-order chi connectivity index (χ0) is 21.8. The molecular formula is C23H23BrFNO4. The van der Waals surface area contributed by atoms with Gasteiger partial charge in [0.2, 0.25) is 0 Å². The summed E-state index contributed by atoms with van der Waals surface area (Å²) < 4.78 is 21.0. The number of Topliss-reactive ketones (excluding diaryl/α,β-unsaturated/α-hetero) is 1. The molecule has 0 unspecified atom stereocenters. The van der Waals surface area contributed by atoms with Crippen LogP contribution in [0.15, 0.2) is 58.6 Å². The van der Waals surface area contributed by atoms with E-state index in [0.29, 0.717) is 18.6 Å². The van der Waals surface area contributed by atoms with Gasteiger partial charge in [0.1, 0.15) is 11.6 Å². The lowest BCUT2D eigenvalue weighted by Crippen LogP contribution is -2.31. The van der Waals surface area contributed by atoms with E-state index in [2.05, 4.69) is 15.9 Å². The van der Waals surface area contributed by atoms with Gasteiger partial charge in [0.05, 0.1) is 17.7 Å². The van der Waals surface area contributed by atoms with Crippen molar-refractivity contribution < 1.29 is 23.8 Å². The number of rotatable bonds is 7. The van der Waals surface area contributed by atoms with E-state index in [4.69, 9.17) is 4.74 Å². The molecule has 0 aromatic heterocycles. The molecule has 1 aliphatic rings. The van der Waals surface area contributed by atoms with E-state index in [1.54, 1.807) is 30.3 Å². The van der Waals surface area contributed by atoms with E-state index in [0.717, 1.165) is 4.47 Å². The minimum absolute atomic E-state index is 0.0418. The number of hydrogen-bond acceptors (Lipinski definition) is 4. The molecule has 2 aromatic rings. The maximum atomic E-state index is 14.7. The van der Waals surface area contributed by atoms with Crippen molar-refractivity contribution >= 4 is 33.4 Å². The molecule has 2 aromatic carbocycles. The Labute approximate surface area is 183 Å². The van der Waals surface area contributed by atoms with E-state index < -0.39 is 23.5 Å². The molecule has 1 saturated heterocycles. The van der Waals surface area contributed by atoms with Crippen molar-refractivity contribution in [3.05, 3.63) is 75.5 Å². The fourth-order valence-electron chi connectivity index (χ4n) is 3.45. The van der Waals surface area contributed by atoms with E-state index in [9.17, 15) is 19.1 Å². The Balaban J connectivity index is 2.04. The Hall–Kier alpha value is -2.51. The van der Waals surface area contributed by atoms with Crippen molar-refractivity contribution in [3.63, 3.8) is 0 Å². The largest absolute Gasteiger partial charge is 0.507 e. The first-order valence-corrected chi connectivity index (χ1v) is 10.5. The molecular weight excluding hydrogens is 453 g/mol. The van der Waals surface area contributed by atoms with Gasteiger partial charge in [0.15, 0.2) is 0 Å². The average molecular weight is 476 g/mol. The molecule has 0 spiro atoms. The van der Waals surface area contributed by atoms with Crippen molar-refractivity contribution in [3.8, 4) is 0 Å². The molecule has 158 valence electrons. The van der Waals surface area contributed by atoms with Crippen LogP contribution in [0, 0.1) is 5.82 Å². The maximum absolute atomic E-state index is 14.7. The second kappa shape index (κ2) is 9.53. The van der Waals surface area contributed by atoms with Crippen LogP contribution in [0.4, 0.5) is 4.39 Å². The number of aliphatic hydroxyl groups is 1. The summed E-state index contributed by atoms with van der Waals surface area (Å²) in [5, 5.41) is 10.9. The lowest BCUT2D eigenvalue weighted by Gasteiger charge is -2.25. The average Bonchev–Trinajstić information content (AvgIpc) is 2.96. The lowest BCUT2D eigenvalue weighted by molar-refractivity contribution is -0.140. The molecule has 1 atom stereocenters. The Kier molecular flexibility index (Phi) is 7.05. The topological polar surface area (TPSA) is 66.8 Å². The van der Waals surface area contributed by atoms with Crippen LogP contribution in [0.5, 0.6) is 0 Å². The minimum atomic E-state index is -1.01. The van der Waals surface area contributed by atoms with Crippen LogP contribution in [0.25, 0.3) is 5.76 Å². The predicted molar refractivity (Wildman–Crippen MR) is 115 cm³/mol. The Morgan fingerprint density at radius 1 is 1.17 bits per heavy atom. The van der Waals surface area contributed by atoms with Gasteiger partial charge in [-0.15, -0.1) is 0 Å². The number of likely N-dealkylation sites (tertiary alicyclic amines) is 1. The van der Waals surface area contributed by atoms with Crippen LogP contribution in [0.3, 0.4) is 0 Å². The highest BCUT2D eigenvalue weighted by Crippen LogP contribution is 2.40. The van der Waals surface area contributed by atoms with Crippen LogP contribution in [0.2, 0.25) is 0 Å². The fourth-order valence-corrected chi connectivity index (χ4v) is 3.71. The first-order chi connectivity index (χ1) is 14.3. The maximum Gasteiger partial charge on any atom is 0.295 e. The van der Waals surface area contributed by atoms with Crippen molar-refractivity contribution in [2.24, 2.45) is 0 Å². The first-order valence-electron chi connectivity index (χ1n) is 9.71. The molecule has 1 aliphatic heterocycles. The van der Waals surface area contributed by atoms with E-state index in [-0.39, 0.29) is 29.5 Å². The smallest absolute Gasteiger partial charge is 0.295 e. The highest BCUT2D eigenvalue weighted by atomic mass is 79.9. The van der Waals surface area contributed by atoms with Crippen LogP contribution in [-0.2, 0) is 14.3 Å². The number of aliphatic hydroxyl groups excluding tert-OH is 1. The zero-order valence-electron chi connectivity index (χ0n) is 16.8. The molecule has 3 rings (SSSR count). The summed E-state index contributed by atoms with van der Waals surface area (Å²) in [6.07, 6.45) is 0.522. The molecule has 0 aliphatic carbocycles. The van der Waals surface area contributed by atoms with Gasteiger partial charge < -0.3 is 14.7 Å². The van der Waals surface area contributed by atoms with Crippen LogP contribution in [0.1, 0.15) is 37.4 Å². The second-order valence-corrected chi connectivity index (χ2v) is 8.21. The van der Waals surface area contributed by atoms with Gasteiger partial charge in [0.25, 0.3) is 11.7 Å². The van der Waals surface area contributed by atoms with Crippen LogP contribution >= 0.6 is 15.9 Å². The van der Waals surface area contributed by atoms with Crippen LogP contribution < -0.4 is 0 Å². The highest BCUT2D eigenvalue weighted by Gasteiger charge is 2.46. The molecule has 0 bridgehead atoms. The van der Waals surface area contributed by atoms with Gasteiger partial charge in [-0.05, 0) is 38.5 Å². The Morgan fingerprint density at radius 3 is 2.47 bits per heavy atom. The zero-order valence-corrected chi connectivity index (χ0v) is 18.4. The minimum Gasteiger partial charge on any atom is -0.507 e. The first kappa shape index (κ1) is 22.2. The standard InChI is InChI=1S/C23H23BrFNO4/c1-14(2)30-13-5-12-26-20(17-6-3-4-7-18(17)25)19(22(28)23(26)29)21(27)15-8-10-16(24)11-9-15/h3-4,6-11,14,20,27H,5,12-13H2,1-2H3/t20-/m0/s1. The van der Waals surface area contributed by atoms with Gasteiger partial charge in [-0.2, -0.15) is 0 Å². The monoisotopic (exact) mass is 475 g/mol. The number of ether oxygens (including phenoxy) is 1. The molecule has 7 heteroatoms. The summed E-state index contributed by atoms with van der Waals surface area (Å²) in [5.74, 6) is -2.45. The van der Waals surface area contributed by atoms with Crippen molar-refractivity contribution in [1.29, 1.82) is 0 Å². The molecule has 0 radical (unpaired) electrons. The van der Waals surface area contributed by atoms with Crippen molar-refractivity contribution in [2.45, 2.75) is 32.4 Å². The molecule has 0 saturated carbocycles. The summed E-state index contributed by atoms with van der Waals surface area (Å²) in [7, 11) is 0. The number of halogens is 2. The number of amides is 1. The second-order valence-electron chi connectivity index (χ2n) is 7.29. The van der Waals surface area contributed by atoms with Gasteiger partial charge in [-0.25, -0.2) is 4.39 Å².